The quantitative estimate of drug-likeness (QED) is 0.409. The first kappa shape index (κ1) is 15.7. The minimum absolute atomic E-state index is 0.501. The van der Waals surface area contributed by atoms with Gasteiger partial charge in [0.2, 0.25) is 7.38 Å². The number of fused-ring (bicyclic) bond motifs is 5. The van der Waals surface area contributed by atoms with E-state index in [0.717, 1.165) is 6.42 Å². The zero-order valence-electron chi connectivity index (χ0n) is 15.5. The largest absolute Gasteiger partial charge is 0.215 e. The third-order valence-electron chi connectivity index (χ3n) is 6.92. The molecule has 2 unspecified atom stereocenters. The highest BCUT2D eigenvalue weighted by atomic mass is 35.6. The second-order valence-corrected chi connectivity index (χ2v) is 13.4. The highest BCUT2D eigenvalue weighted by Crippen LogP contribution is 2.47. The predicted molar refractivity (Wildman–Crippen MR) is 112 cm³/mol. The lowest BCUT2D eigenvalue weighted by Crippen LogP contribution is -2.17. The summed E-state index contributed by atoms with van der Waals surface area (Å²) in [4.78, 5) is 0. The average Bonchev–Trinajstić information content (AvgIpc) is 2.91. The third kappa shape index (κ3) is 1.83. The van der Waals surface area contributed by atoms with Crippen LogP contribution in [0.25, 0.3) is 16.7 Å². The Labute approximate surface area is 155 Å². The van der Waals surface area contributed by atoms with Crippen molar-refractivity contribution < 1.29 is 0 Å². The summed E-state index contributed by atoms with van der Waals surface area (Å²) in [7, 11) is -1.89. The van der Waals surface area contributed by atoms with Crippen LogP contribution >= 0.6 is 11.1 Å². The fraction of sp³-hybridized carbons (Fsp3) is 0.304. The molecule has 0 amide bonds. The summed E-state index contributed by atoms with van der Waals surface area (Å²) in [5.41, 5.74) is 13.3. The Kier molecular flexibility index (Phi) is 2.99. The van der Waals surface area contributed by atoms with Crippen LogP contribution in [0.15, 0.2) is 47.1 Å². The maximum Gasteiger partial charge on any atom is 0.215 e. The Hall–Kier alpha value is -1.57. The Morgan fingerprint density at radius 3 is 2.36 bits per heavy atom. The van der Waals surface area contributed by atoms with Gasteiger partial charge in [0, 0.05) is 5.92 Å². The van der Waals surface area contributed by atoms with E-state index in [-0.39, 0.29) is 0 Å². The molecule has 2 aromatic carbocycles. The molecule has 1 heterocycles. The zero-order valence-corrected chi connectivity index (χ0v) is 17.3. The number of rotatable bonds is 1. The second kappa shape index (κ2) is 4.78. The molecule has 1 aliphatic heterocycles. The van der Waals surface area contributed by atoms with Crippen LogP contribution in [-0.4, -0.2) is 7.38 Å². The van der Waals surface area contributed by atoms with Gasteiger partial charge in [-0.3, -0.25) is 0 Å². The van der Waals surface area contributed by atoms with Crippen molar-refractivity contribution in [3.8, 4) is 11.1 Å². The lowest BCUT2D eigenvalue weighted by Gasteiger charge is -2.15. The molecule has 0 fully saturated rings. The number of allylic oxidation sites excluding steroid dienone is 4. The smallest absolute Gasteiger partial charge is 0.155 e. The van der Waals surface area contributed by atoms with Crippen LogP contribution in [0.1, 0.15) is 44.4 Å². The molecule has 0 radical (unpaired) electrons. The van der Waals surface area contributed by atoms with Gasteiger partial charge in [0.25, 0.3) is 0 Å². The van der Waals surface area contributed by atoms with E-state index in [2.05, 4.69) is 64.6 Å². The normalized spacial score (nSPS) is 26.1. The average molecular weight is 363 g/mol. The molecule has 0 N–H and O–H groups in total. The maximum absolute atomic E-state index is 7.12. The van der Waals surface area contributed by atoms with Crippen LogP contribution in [0.3, 0.4) is 0 Å². The highest BCUT2D eigenvalue weighted by Gasteiger charge is 2.54. The number of halogens is 1. The van der Waals surface area contributed by atoms with E-state index >= 15 is 0 Å². The van der Waals surface area contributed by atoms with Crippen molar-refractivity contribution in [1.29, 1.82) is 0 Å². The Morgan fingerprint density at radius 1 is 0.960 bits per heavy atom. The number of benzene rings is 2. The summed E-state index contributed by atoms with van der Waals surface area (Å²) in [6, 6.07) is 11.3. The first-order valence-corrected chi connectivity index (χ1v) is 12.7. The first-order chi connectivity index (χ1) is 11.8. The SMILES string of the molecule is CC1=C(C)C(C)C(c2cc3c(c4c2[Si]4(C)Cl)Cc2ccccc2-3)=C1C. The van der Waals surface area contributed by atoms with E-state index < -0.39 is 7.38 Å². The molecule has 3 aliphatic rings. The van der Waals surface area contributed by atoms with Gasteiger partial charge in [-0.15, -0.1) is 0 Å². The number of hydrogen-bond donors (Lipinski definition) is 0. The van der Waals surface area contributed by atoms with E-state index in [9.17, 15) is 0 Å². The topological polar surface area (TPSA) is 0 Å². The summed E-state index contributed by atoms with van der Waals surface area (Å²) in [6.45, 7) is 11.5. The van der Waals surface area contributed by atoms with Gasteiger partial charge in [0.05, 0.1) is 0 Å². The van der Waals surface area contributed by atoms with Gasteiger partial charge in [0.15, 0.2) is 0 Å². The molecule has 2 atom stereocenters. The summed E-state index contributed by atoms with van der Waals surface area (Å²) in [6.07, 6.45) is 1.06. The van der Waals surface area contributed by atoms with Crippen molar-refractivity contribution in [2.45, 2.75) is 40.7 Å². The molecular weight excluding hydrogens is 340 g/mol. The van der Waals surface area contributed by atoms with Crippen LogP contribution in [0.4, 0.5) is 0 Å². The van der Waals surface area contributed by atoms with Gasteiger partial charge < -0.3 is 0 Å². The lowest BCUT2D eigenvalue weighted by molar-refractivity contribution is 0.896. The van der Waals surface area contributed by atoms with Gasteiger partial charge >= 0.3 is 0 Å². The van der Waals surface area contributed by atoms with Crippen molar-refractivity contribution in [3.63, 3.8) is 0 Å². The Bertz CT molecular complexity index is 1040. The standard InChI is InChI=1S/C23H23ClSi/c1-12-13(2)15(4)21(14(12)3)20-11-18-17-9-7-6-8-16(17)10-19(18)22-23(20)25(22,5)24/h6-9,11,14H,10H2,1-5H3. The van der Waals surface area contributed by atoms with Crippen LogP contribution in [0, 0.1) is 5.92 Å². The van der Waals surface area contributed by atoms with Crippen molar-refractivity contribution in [1.82, 2.24) is 0 Å². The van der Waals surface area contributed by atoms with Crippen molar-refractivity contribution in [2.24, 2.45) is 5.92 Å². The number of hydrogen-bond acceptors (Lipinski definition) is 0. The first-order valence-electron chi connectivity index (χ1n) is 9.21. The molecule has 2 aliphatic carbocycles. The van der Waals surface area contributed by atoms with Crippen LogP contribution in [0.5, 0.6) is 0 Å². The fourth-order valence-corrected chi connectivity index (χ4v) is 9.54. The Morgan fingerprint density at radius 2 is 1.68 bits per heavy atom. The highest BCUT2D eigenvalue weighted by molar-refractivity contribution is 7.44. The molecule has 0 spiro atoms. The van der Waals surface area contributed by atoms with E-state index in [1.54, 1.807) is 0 Å². The monoisotopic (exact) mass is 362 g/mol. The molecule has 2 heteroatoms. The summed E-state index contributed by atoms with van der Waals surface area (Å²) in [5.74, 6) is 0.501. The van der Waals surface area contributed by atoms with Crippen LogP contribution in [0.2, 0.25) is 6.55 Å². The molecular formula is C23H23ClSi. The van der Waals surface area contributed by atoms with E-state index in [4.69, 9.17) is 11.1 Å². The summed E-state index contributed by atoms with van der Waals surface area (Å²) < 4.78 is 0. The summed E-state index contributed by atoms with van der Waals surface area (Å²) in [5, 5.41) is 3.05. The van der Waals surface area contributed by atoms with Crippen molar-refractivity contribution in [2.75, 3.05) is 0 Å². The van der Waals surface area contributed by atoms with Crippen molar-refractivity contribution >= 4 is 34.4 Å². The lowest BCUT2D eigenvalue weighted by atomic mass is 9.89. The molecule has 126 valence electrons. The molecule has 2 aromatic rings. The van der Waals surface area contributed by atoms with Crippen LogP contribution in [-0.2, 0) is 6.42 Å². The van der Waals surface area contributed by atoms with Crippen molar-refractivity contribution in [3.05, 3.63) is 63.7 Å². The third-order valence-corrected chi connectivity index (χ3v) is 10.7. The van der Waals surface area contributed by atoms with Gasteiger partial charge in [-0.2, -0.15) is 11.1 Å². The van der Waals surface area contributed by atoms with E-state index in [1.807, 2.05) is 0 Å². The minimum Gasteiger partial charge on any atom is -0.155 e. The van der Waals surface area contributed by atoms with Gasteiger partial charge in [-0.05, 0) is 94.7 Å². The molecule has 0 aromatic heterocycles. The maximum atomic E-state index is 7.12. The predicted octanol–water partition coefficient (Wildman–Crippen LogP) is 5.26. The van der Waals surface area contributed by atoms with E-state index in [0.29, 0.717) is 5.92 Å². The van der Waals surface area contributed by atoms with Crippen LogP contribution < -0.4 is 10.4 Å². The zero-order chi connectivity index (χ0) is 17.7. The summed E-state index contributed by atoms with van der Waals surface area (Å²) >= 11 is 7.12. The van der Waals surface area contributed by atoms with Gasteiger partial charge in [-0.25, -0.2) is 0 Å². The molecule has 5 rings (SSSR count). The molecule has 0 saturated carbocycles. The van der Waals surface area contributed by atoms with Gasteiger partial charge in [-0.1, -0.05) is 36.8 Å². The molecule has 0 saturated heterocycles. The van der Waals surface area contributed by atoms with Gasteiger partial charge in [0.1, 0.15) is 0 Å². The molecule has 0 nitrogen and oxygen atoms in total. The minimum atomic E-state index is -1.89. The Balaban J connectivity index is 1.79. The fourth-order valence-electron chi connectivity index (χ4n) is 5.18. The molecule has 0 bridgehead atoms. The second-order valence-electron chi connectivity index (χ2n) is 8.11. The van der Waals surface area contributed by atoms with E-state index in [1.165, 1.54) is 60.5 Å². The molecule has 25 heavy (non-hydrogen) atoms.